The van der Waals surface area contributed by atoms with Gasteiger partial charge in [0.25, 0.3) is 0 Å². The number of ether oxygens (including phenoxy) is 1. The van der Waals surface area contributed by atoms with Crippen LogP contribution in [0.4, 0.5) is 0 Å². The molecule has 0 saturated carbocycles. The predicted molar refractivity (Wildman–Crippen MR) is 66.3 cm³/mol. The number of carbonyl (C=O) groups is 2. The summed E-state index contributed by atoms with van der Waals surface area (Å²) in [6.07, 6.45) is -0.241. The minimum absolute atomic E-state index is 0.126. The fourth-order valence-electron chi connectivity index (χ4n) is 2.99. The zero-order valence-corrected chi connectivity index (χ0v) is 11.3. The van der Waals surface area contributed by atoms with Crippen LogP contribution >= 0.6 is 0 Å². The van der Waals surface area contributed by atoms with Crippen molar-refractivity contribution in [3.8, 4) is 0 Å². The van der Waals surface area contributed by atoms with E-state index in [4.69, 9.17) is 4.74 Å². The highest BCUT2D eigenvalue weighted by molar-refractivity contribution is 5.97. The Hall–Kier alpha value is -0.980. The number of ketones is 1. The Bertz CT molecular complexity index is 372. The first-order valence-electron chi connectivity index (χ1n) is 6.69. The molecule has 2 heterocycles. The lowest BCUT2D eigenvalue weighted by atomic mass is 9.95. The van der Waals surface area contributed by atoms with Crippen molar-refractivity contribution in [2.45, 2.75) is 38.5 Å². The van der Waals surface area contributed by atoms with Crippen molar-refractivity contribution in [1.82, 2.24) is 4.90 Å². The van der Waals surface area contributed by atoms with Crippen molar-refractivity contribution in [3.05, 3.63) is 0 Å². The molecule has 2 saturated heterocycles. The topological polar surface area (TPSA) is 87.1 Å². The lowest BCUT2D eigenvalue weighted by molar-refractivity contribution is -0.157. The van der Waals surface area contributed by atoms with Crippen molar-refractivity contribution < 1.29 is 24.5 Å². The van der Waals surface area contributed by atoms with E-state index in [1.807, 2.05) is 4.90 Å². The highest BCUT2D eigenvalue weighted by atomic mass is 16.5. The summed E-state index contributed by atoms with van der Waals surface area (Å²) in [6, 6.07) is -0.136. The molecule has 5 atom stereocenters. The van der Waals surface area contributed by atoms with Gasteiger partial charge in [-0.05, 0) is 20.3 Å². The van der Waals surface area contributed by atoms with E-state index in [0.29, 0.717) is 13.0 Å². The summed E-state index contributed by atoms with van der Waals surface area (Å²) < 4.78 is 5.41. The molecule has 0 aromatic carbocycles. The largest absolute Gasteiger partial charge is 0.460 e. The monoisotopic (exact) mass is 271 g/mol. The molecule has 2 aliphatic rings. The lowest BCUT2D eigenvalue weighted by Crippen LogP contribution is -2.40. The van der Waals surface area contributed by atoms with E-state index in [2.05, 4.69) is 0 Å². The maximum absolute atomic E-state index is 11.8. The highest BCUT2D eigenvalue weighted by Crippen LogP contribution is 2.35. The fraction of sp³-hybridized carbons (Fsp3) is 0.846. The number of fused-ring (bicyclic) bond motifs is 1. The average Bonchev–Trinajstić information content (AvgIpc) is 2.87. The van der Waals surface area contributed by atoms with Gasteiger partial charge in [0.05, 0.1) is 18.8 Å². The molecule has 2 fully saturated rings. The number of hydrogen-bond donors (Lipinski definition) is 2. The molecule has 6 nitrogen and oxygen atoms in total. The Balaban J connectivity index is 2.02. The molecule has 108 valence electrons. The number of carbonyl (C=O) groups excluding carboxylic acids is 2. The first-order valence-corrected chi connectivity index (χ1v) is 6.69. The molecule has 2 N–H and O–H groups in total. The average molecular weight is 271 g/mol. The molecule has 0 aliphatic carbocycles. The fourth-order valence-corrected chi connectivity index (χ4v) is 2.99. The number of nitrogens with zero attached hydrogens (tertiary/aromatic N) is 1. The van der Waals surface area contributed by atoms with Crippen LogP contribution in [0.15, 0.2) is 0 Å². The summed E-state index contributed by atoms with van der Waals surface area (Å²) in [5.74, 6) is -1.77. The lowest BCUT2D eigenvalue weighted by Gasteiger charge is -2.26. The molecule has 2 unspecified atom stereocenters. The van der Waals surface area contributed by atoms with Gasteiger partial charge in [0.1, 0.15) is 17.8 Å². The molecular weight excluding hydrogens is 250 g/mol. The van der Waals surface area contributed by atoms with Crippen LogP contribution in [0, 0.1) is 11.8 Å². The molecule has 2 aliphatic heterocycles. The van der Waals surface area contributed by atoms with Crippen LogP contribution < -0.4 is 0 Å². The highest BCUT2D eigenvalue weighted by Gasteiger charge is 2.49. The van der Waals surface area contributed by atoms with Crippen LogP contribution in [0.1, 0.15) is 20.3 Å². The zero-order valence-electron chi connectivity index (χ0n) is 11.3. The van der Waals surface area contributed by atoms with Crippen LogP contribution in [-0.2, 0) is 14.3 Å². The number of aliphatic hydroxyl groups excluding tert-OH is 2. The van der Waals surface area contributed by atoms with Gasteiger partial charge in [0.2, 0.25) is 0 Å². The van der Waals surface area contributed by atoms with Gasteiger partial charge in [0, 0.05) is 19.0 Å². The van der Waals surface area contributed by atoms with Crippen molar-refractivity contribution in [2.75, 3.05) is 19.7 Å². The second-order valence-electron chi connectivity index (χ2n) is 5.50. The van der Waals surface area contributed by atoms with Gasteiger partial charge in [-0.1, -0.05) is 0 Å². The van der Waals surface area contributed by atoms with E-state index in [-0.39, 0.29) is 30.5 Å². The number of Topliss-reactive ketones (excluding diaryl/α,β-unsaturated/α-hetero) is 1. The van der Waals surface area contributed by atoms with E-state index in [1.54, 1.807) is 0 Å². The zero-order chi connectivity index (χ0) is 14.2. The van der Waals surface area contributed by atoms with Gasteiger partial charge in [-0.15, -0.1) is 0 Å². The molecule has 0 spiro atoms. The molecule has 2 rings (SSSR count). The molecule has 0 bridgehead atoms. The van der Waals surface area contributed by atoms with E-state index < -0.39 is 18.0 Å². The first kappa shape index (κ1) is 14.4. The maximum atomic E-state index is 11.8. The van der Waals surface area contributed by atoms with Gasteiger partial charge in [-0.2, -0.15) is 0 Å². The van der Waals surface area contributed by atoms with Crippen LogP contribution in [0.5, 0.6) is 0 Å². The maximum Gasteiger partial charge on any atom is 0.316 e. The van der Waals surface area contributed by atoms with E-state index in [1.165, 1.54) is 13.8 Å². The van der Waals surface area contributed by atoms with Crippen LogP contribution in [-0.4, -0.2) is 64.8 Å². The second kappa shape index (κ2) is 5.56. The van der Waals surface area contributed by atoms with Gasteiger partial charge >= 0.3 is 5.97 Å². The summed E-state index contributed by atoms with van der Waals surface area (Å²) in [4.78, 5) is 25.0. The van der Waals surface area contributed by atoms with E-state index in [9.17, 15) is 19.8 Å². The van der Waals surface area contributed by atoms with E-state index in [0.717, 1.165) is 6.54 Å². The number of aliphatic hydroxyl groups is 2. The Morgan fingerprint density at radius 1 is 1.47 bits per heavy atom. The first-order chi connectivity index (χ1) is 8.95. The Kier molecular flexibility index (Phi) is 4.23. The molecule has 6 heteroatoms. The summed E-state index contributed by atoms with van der Waals surface area (Å²) in [6.45, 7) is 4.02. The molecular formula is C13H21NO5. The van der Waals surface area contributed by atoms with Crippen molar-refractivity contribution in [3.63, 3.8) is 0 Å². The van der Waals surface area contributed by atoms with Crippen LogP contribution in [0.25, 0.3) is 0 Å². The molecule has 0 aromatic heterocycles. The Morgan fingerprint density at radius 3 is 2.74 bits per heavy atom. The Morgan fingerprint density at radius 2 is 2.16 bits per heavy atom. The second-order valence-corrected chi connectivity index (χ2v) is 5.50. The summed E-state index contributed by atoms with van der Waals surface area (Å²) in [7, 11) is 0. The number of hydrogen-bond acceptors (Lipinski definition) is 6. The summed E-state index contributed by atoms with van der Waals surface area (Å²) in [5, 5.41) is 19.2. The SMILES string of the molecule is CC(=O)C(C)C(=O)O[C@@H]1CCN2CC(O)[C@H](CO)[C@H]12. The Labute approximate surface area is 112 Å². The minimum atomic E-state index is -0.757. The van der Waals surface area contributed by atoms with Crippen LogP contribution in [0.2, 0.25) is 0 Å². The van der Waals surface area contributed by atoms with Gasteiger partial charge in [0.15, 0.2) is 0 Å². The molecule has 0 aromatic rings. The van der Waals surface area contributed by atoms with Crippen molar-refractivity contribution in [1.29, 1.82) is 0 Å². The smallest absolute Gasteiger partial charge is 0.316 e. The van der Waals surface area contributed by atoms with Crippen molar-refractivity contribution >= 4 is 11.8 Å². The number of esters is 1. The van der Waals surface area contributed by atoms with Crippen LogP contribution in [0.3, 0.4) is 0 Å². The molecule has 0 amide bonds. The quantitative estimate of drug-likeness (QED) is 0.513. The summed E-state index contributed by atoms with van der Waals surface area (Å²) in [5.41, 5.74) is 0. The third kappa shape index (κ3) is 2.66. The third-order valence-electron chi connectivity index (χ3n) is 4.30. The standard InChI is InChI=1S/C13H21NO5/c1-7(8(2)16)13(18)19-11-3-4-14-5-10(17)9(6-15)12(11)14/h7,9-12,15,17H,3-6H2,1-2H3/t7?,9-,10?,11+,12+/m0/s1. The number of rotatable bonds is 4. The summed E-state index contributed by atoms with van der Waals surface area (Å²) >= 11 is 0. The molecule has 0 radical (unpaired) electrons. The van der Waals surface area contributed by atoms with Gasteiger partial charge in [-0.25, -0.2) is 0 Å². The van der Waals surface area contributed by atoms with Crippen molar-refractivity contribution in [2.24, 2.45) is 11.8 Å². The molecule has 19 heavy (non-hydrogen) atoms. The normalized spacial score (nSPS) is 36.0. The van der Waals surface area contributed by atoms with Gasteiger partial charge in [-0.3, -0.25) is 14.5 Å². The predicted octanol–water partition coefficient (Wildman–Crippen LogP) is -0.819. The van der Waals surface area contributed by atoms with E-state index >= 15 is 0 Å². The minimum Gasteiger partial charge on any atom is -0.460 e. The van der Waals surface area contributed by atoms with Gasteiger partial charge < -0.3 is 14.9 Å². The third-order valence-corrected chi connectivity index (χ3v) is 4.30.